The van der Waals surface area contributed by atoms with Crippen LogP contribution in [0.5, 0.6) is 5.75 Å². The smallest absolute Gasteiger partial charge is 0.310 e. The number of piperidine rings is 1. The first-order valence-corrected chi connectivity index (χ1v) is 9.01. The summed E-state index contributed by atoms with van der Waals surface area (Å²) in [4.78, 5) is 27.9. The molecule has 6 nitrogen and oxygen atoms in total. The topological polar surface area (TPSA) is 59.1 Å². The van der Waals surface area contributed by atoms with Crippen molar-refractivity contribution in [2.45, 2.75) is 19.8 Å². The Morgan fingerprint density at radius 2 is 2.19 bits per heavy atom. The van der Waals surface area contributed by atoms with Crippen molar-refractivity contribution in [3.05, 3.63) is 30.1 Å². The maximum absolute atomic E-state index is 13.1. The van der Waals surface area contributed by atoms with Gasteiger partial charge in [0.1, 0.15) is 18.2 Å². The lowest BCUT2D eigenvalue weighted by molar-refractivity contribution is -0.151. The van der Waals surface area contributed by atoms with Crippen LogP contribution in [0.25, 0.3) is 0 Å². The second-order valence-corrected chi connectivity index (χ2v) is 6.47. The van der Waals surface area contributed by atoms with E-state index in [1.54, 1.807) is 24.0 Å². The van der Waals surface area contributed by atoms with Gasteiger partial charge in [0.15, 0.2) is 0 Å². The number of hydrogen-bond acceptors (Lipinski definition) is 5. The Morgan fingerprint density at radius 3 is 2.92 bits per heavy atom. The number of hydrogen-bond donors (Lipinski definition) is 0. The van der Waals surface area contributed by atoms with Gasteiger partial charge in [0.05, 0.1) is 19.1 Å². The first-order chi connectivity index (χ1) is 12.5. The van der Waals surface area contributed by atoms with Crippen LogP contribution in [-0.2, 0) is 14.3 Å². The van der Waals surface area contributed by atoms with Gasteiger partial charge in [0.25, 0.3) is 0 Å². The van der Waals surface area contributed by atoms with Crippen molar-refractivity contribution in [1.29, 1.82) is 0 Å². The van der Waals surface area contributed by atoms with Crippen molar-refractivity contribution in [3.8, 4) is 5.75 Å². The third kappa shape index (κ3) is 6.29. The van der Waals surface area contributed by atoms with Crippen LogP contribution < -0.4 is 4.74 Å². The van der Waals surface area contributed by atoms with Gasteiger partial charge in [-0.2, -0.15) is 0 Å². The van der Waals surface area contributed by atoms with Gasteiger partial charge in [-0.05, 0) is 38.9 Å². The molecule has 1 aliphatic heterocycles. The zero-order chi connectivity index (χ0) is 18.9. The number of benzene rings is 1. The minimum Gasteiger partial charge on any atom is -0.492 e. The molecule has 0 N–H and O–H groups in total. The molecule has 1 fully saturated rings. The zero-order valence-electron chi connectivity index (χ0n) is 15.4. The highest BCUT2D eigenvalue weighted by atomic mass is 19.1. The van der Waals surface area contributed by atoms with Gasteiger partial charge in [-0.15, -0.1) is 0 Å². The molecule has 1 saturated heterocycles. The average molecular weight is 366 g/mol. The number of likely N-dealkylation sites (tertiary alicyclic amines) is 1. The minimum absolute atomic E-state index is 0.00717. The van der Waals surface area contributed by atoms with Crippen molar-refractivity contribution in [2.24, 2.45) is 5.92 Å². The fourth-order valence-electron chi connectivity index (χ4n) is 2.94. The summed E-state index contributed by atoms with van der Waals surface area (Å²) in [5, 5.41) is 0. The van der Waals surface area contributed by atoms with Crippen LogP contribution in [0.3, 0.4) is 0 Å². The molecule has 1 aliphatic rings. The first kappa shape index (κ1) is 20.2. The quantitative estimate of drug-likeness (QED) is 0.658. The van der Waals surface area contributed by atoms with Crippen LogP contribution >= 0.6 is 0 Å². The number of rotatable bonds is 8. The Balaban J connectivity index is 1.73. The SMILES string of the molecule is CCOC(=O)C1CCCN(C(=O)CN(C)CCOc2cccc(F)c2)C1. The second kappa shape index (κ2) is 10.1. The largest absolute Gasteiger partial charge is 0.492 e. The Bertz CT molecular complexity index is 611. The second-order valence-electron chi connectivity index (χ2n) is 6.47. The lowest BCUT2D eigenvalue weighted by Gasteiger charge is -2.32. The molecule has 1 aromatic rings. The van der Waals surface area contributed by atoms with E-state index in [9.17, 15) is 14.0 Å². The highest BCUT2D eigenvalue weighted by molar-refractivity contribution is 5.80. The first-order valence-electron chi connectivity index (χ1n) is 9.01. The molecule has 1 heterocycles. The third-order valence-corrected chi connectivity index (χ3v) is 4.34. The zero-order valence-corrected chi connectivity index (χ0v) is 15.4. The van der Waals surface area contributed by atoms with E-state index in [1.807, 2.05) is 11.9 Å². The third-order valence-electron chi connectivity index (χ3n) is 4.34. The number of nitrogens with zero attached hydrogens (tertiary/aromatic N) is 2. The molecule has 0 bridgehead atoms. The molecule has 7 heteroatoms. The average Bonchev–Trinajstić information content (AvgIpc) is 2.62. The van der Waals surface area contributed by atoms with Gasteiger partial charge >= 0.3 is 5.97 Å². The van der Waals surface area contributed by atoms with Gasteiger partial charge in [-0.1, -0.05) is 6.07 Å². The summed E-state index contributed by atoms with van der Waals surface area (Å²) in [6, 6.07) is 5.97. The van der Waals surface area contributed by atoms with E-state index < -0.39 is 0 Å². The number of amides is 1. The Morgan fingerprint density at radius 1 is 1.38 bits per heavy atom. The molecule has 144 valence electrons. The molecule has 1 unspecified atom stereocenters. The van der Waals surface area contributed by atoms with Crippen molar-refractivity contribution in [1.82, 2.24) is 9.80 Å². The Labute approximate surface area is 153 Å². The molecule has 1 atom stereocenters. The molecule has 0 spiro atoms. The van der Waals surface area contributed by atoms with Crippen molar-refractivity contribution >= 4 is 11.9 Å². The fourth-order valence-corrected chi connectivity index (χ4v) is 2.94. The van der Waals surface area contributed by atoms with Gasteiger partial charge in [0.2, 0.25) is 5.91 Å². The monoisotopic (exact) mass is 366 g/mol. The van der Waals surface area contributed by atoms with E-state index in [0.29, 0.717) is 38.6 Å². The molecule has 0 saturated carbocycles. The van der Waals surface area contributed by atoms with E-state index in [0.717, 1.165) is 12.8 Å². The molecular weight excluding hydrogens is 339 g/mol. The van der Waals surface area contributed by atoms with E-state index in [2.05, 4.69) is 0 Å². The van der Waals surface area contributed by atoms with E-state index in [-0.39, 0.29) is 30.2 Å². The number of ether oxygens (including phenoxy) is 2. The fraction of sp³-hybridized carbons (Fsp3) is 0.579. The summed E-state index contributed by atoms with van der Waals surface area (Å²) >= 11 is 0. The standard InChI is InChI=1S/C19H27FN2O4/c1-3-25-19(24)15-6-5-9-22(13-15)18(23)14-21(2)10-11-26-17-8-4-7-16(20)12-17/h4,7-8,12,15H,3,5-6,9-11,13-14H2,1-2H3. The summed E-state index contributed by atoms with van der Waals surface area (Å²) in [5.74, 6) is -0.325. The van der Waals surface area contributed by atoms with E-state index in [4.69, 9.17) is 9.47 Å². The molecule has 2 rings (SSSR count). The lowest BCUT2D eigenvalue weighted by Crippen LogP contribution is -2.46. The normalized spacial score (nSPS) is 17.2. The molecule has 0 aliphatic carbocycles. The summed E-state index contributed by atoms with van der Waals surface area (Å²) in [6.07, 6.45) is 1.57. The number of esters is 1. The van der Waals surface area contributed by atoms with Crippen LogP contribution in [-0.4, -0.2) is 68.1 Å². The maximum Gasteiger partial charge on any atom is 0.310 e. The number of carbonyl (C=O) groups is 2. The Hall–Kier alpha value is -2.15. The van der Waals surface area contributed by atoms with Crippen molar-refractivity contribution in [2.75, 3.05) is 46.4 Å². The minimum atomic E-state index is -0.340. The van der Waals surface area contributed by atoms with Gasteiger partial charge in [-0.25, -0.2) is 4.39 Å². The summed E-state index contributed by atoms with van der Waals surface area (Å²) in [6.45, 7) is 4.38. The van der Waals surface area contributed by atoms with Crippen LogP contribution in [0.1, 0.15) is 19.8 Å². The number of halogens is 1. The molecule has 0 aromatic heterocycles. The summed E-state index contributed by atoms with van der Waals surface area (Å²) in [7, 11) is 1.83. The number of likely N-dealkylation sites (N-methyl/N-ethyl adjacent to an activating group) is 1. The van der Waals surface area contributed by atoms with Crippen molar-refractivity contribution < 1.29 is 23.5 Å². The van der Waals surface area contributed by atoms with Crippen LogP contribution in [0.15, 0.2) is 24.3 Å². The molecule has 0 radical (unpaired) electrons. The molecular formula is C19H27FN2O4. The highest BCUT2D eigenvalue weighted by Crippen LogP contribution is 2.18. The summed E-state index contributed by atoms with van der Waals surface area (Å²) in [5.41, 5.74) is 0. The van der Waals surface area contributed by atoms with E-state index >= 15 is 0 Å². The predicted molar refractivity (Wildman–Crippen MR) is 95.3 cm³/mol. The van der Waals surface area contributed by atoms with Gasteiger partial charge < -0.3 is 14.4 Å². The number of carbonyl (C=O) groups excluding carboxylic acids is 2. The highest BCUT2D eigenvalue weighted by Gasteiger charge is 2.29. The van der Waals surface area contributed by atoms with Crippen LogP contribution in [0.4, 0.5) is 4.39 Å². The van der Waals surface area contributed by atoms with Gasteiger partial charge in [-0.3, -0.25) is 14.5 Å². The molecule has 26 heavy (non-hydrogen) atoms. The molecule has 1 amide bonds. The Kier molecular flexibility index (Phi) is 7.84. The van der Waals surface area contributed by atoms with Crippen LogP contribution in [0, 0.1) is 11.7 Å². The lowest BCUT2D eigenvalue weighted by atomic mass is 9.98. The predicted octanol–water partition coefficient (Wildman–Crippen LogP) is 1.94. The van der Waals surface area contributed by atoms with Crippen LogP contribution in [0.2, 0.25) is 0 Å². The van der Waals surface area contributed by atoms with Gasteiger partial charge in [0, 0.05) is 25.7 Å². The maximum atomic E-state index is 13.1. The molecule has 1 aromatic carbocycles. The van der Waals surface area contributed by atoms with Crippen molar-refractivity contribution in [3.63, 3.8) is 0 Å². The summed E-state index contributed by atoms with van der Waals surface area (Å²) < 4.78 is 23.6. The van der Waals surface area contributed by atoms with E-state index in [1.165, 1.54) is 12.1 Å².